The standard InChI is InChI=1S/C19H19ClN2O2S/c1-13(2)24-16-10-8-15(9-11-16)21-19(25)22-18(23)12-7-14-5-3-4-6-17(14)20/h3-13H,1-2H3,(H2,21,22,23,25)/b12-7+. The van der Waals surface area contributed by atoms with E-state index in [2.05, 4.69) is 10.6 Å². The number of benzene rings is 2. The molecule has 25 heavy (non-hydrogen) atoms. The molecule has 1 amide bonds. The van der Waals surface area contributed by atoms with E-state index in [0.29, 0.717) is 5.02 Å². The third-order valence-electron chi connectivity index (χ3n) is 3.04. The number of halogens is 1. The van der Waals surface area contributed by atoms with Crippen LogP contribution in [0.1, 0.15) is 19.4 Å². The summed E-state index contributed by atoms with van der Waals surface area (Å²) in [5.41, 5.74) is 1.52. The predicted octanol–water partition coefficient (Wildman–Crippen LogP) is 4.65. The summed E-state index contributed by atoms with van der Waals surface area (Å²) in [7, 11) is 0. The van der Waals surface area contributed by atoms with Crippen molar-refractivity contribution in [2.75, 3.05) is 5.32 Å². The zero-order chi connectivity index (χ0) is 18.2. The molecule has 0 aliphatic heterocycles. The molecule has 2 aromatic rings. The van der Waals surface area contributed by atoms with E-state index < -0.39 is 0 Å². The Hall–Kier alpha value is -2.37. The van der Waals surface area contributed by atoms with Crippen LogP contribution in [0.3, 0.4) is 0 Å². The van der Waals surface area contributed by atoms with Crippen LogP contribution in [0.2, 0.25) is 5.02 Å². The van der Waals surface area contributed by atoms with Crippen LogP contribution in [0.4, 0.5) is 5.69 Å². The molecule has 0 radical (unpaired) electrons. The number of carbonyl (C=O) groups excluding carboxylic acids is 1. The first-order chi connectivity index (χ1) is 11.9. The number of amides is 1. The van der Waals surface area contributed by atoms with Crippen molar-refractivity contribution >= 4 is 46.6 Å². The lowest BCUT2D eigenvalue weighted by molar-refractivity contribution is -0.115. The van der Waals surface area contributed by atoms with Gasteiger partial charge in [-0.15, -0.1) is 0 Å². The second-order valence-corrected chi connectivity index (χ2v) is 6.30. The third-order valence-corrected chi connectivity index (χ3v) is 3.59. The number of ether oxygens (including phenoxy) is 1. The van der Waals surface area contributed by atoms with E-state index in [9.17, 15) is 4.79 Å². The van der Waals surface area contributed by atoms with Crippen LogP contribution in [0, 0.1) is 0 Å². The normalized spacial score (nSPS) is 10.7. The molecule has 0 atom stereocenters. The van der Waals surface area contributed by atoms with Gasteiger partial charge in [0, 0.05) is 16.8 Å². The maximum absolute atomic E-state index is 11.9. The number of rotatable bonds is 5. The highest BCUT2D eigenvalue weighted by Crippen LogP contribution is 2.17. The van der Waals surface area contributed by atoms with Crippen molar-refractivity contribution in [3.8, 4) is 5.75 Å². The summed E-state index contributed by atoms with van der Waals surface area (Å²) in [4.78, 5) is 11.9. The summed E-state index contributed by atoms with van der Waals surface area (Å²) < 4.78 is 5.57. The van der Waals surface area contributed by atoms with Gasteiger partial charge in [-0.25, -0.2) is 0 Å². The van der Waals surface area contributed by atoms with Gasteiger partial charge in [-0.3, -0.25) is 10.1 Å². The zero-order valence-electron chi connectivity index (χ0n) is 14.0. The van der Waals surface area contributed by atoms with Gasteiger partial charge in [-0.1, -0.05) is 29.8 Å². The molecular weight excluding hydrogens is 356 g/mol. The summed E-state index contributed by atoms with van der Waals surface area (Å²) in [6.45, 7) is 3.93. The smallest absolute Gasteiger partial charge is 0.250 e. The Labute approximate surface area is 157 Å². The van der Waals surface area contributed by atoms with E-state index >= 15 is 0 Å². The lowest BCUT2D eigenvalue weighted by atomic mass is 10.2. The van der Waals surface area contributed by atoms with Crippen LogP contribution in [0.15, 0.2) is 54.6 Å². The topological polar surface area (TPSA) is 50.4 Å². The van der Waals surface area contributed by atoms with Crippen LogP contribution in [0.25, 0.3) is 6.08 Å². The highest BCUT2D eigenvalue weighted by atomic mass is 35.5. The van der Waals surface area contributed by atoms with Gasteiger partial charge in [0.25, 0.3) is 0 Å². The van der Waals surface area contributed by atoms with Crippen LogP contribution in [-0.2, 0) is 4.79 Å². The summed E-state index contributed by atoms with van der Waals surface area (Å²) >= 11 is 11.2. The molecule has 2 aromatic carbocycles. The van der Waals surface area contributed by atoms with Gasteiger partial charge in [0.15, 0.2) is 5.11 Å². The molecule has 2 rings (SSSR count). The van der Waals surface area contributed by atoms with Crippen molar-refractivity contribution in [1.29, 1.82) is 0 Å². The maximum Gasteiger partial charge on any atom is 0.250 e. The maximum atomic E-state index is 11.9. The van der Waals surface area contributed by atoms with Gasteiger partial charge < -0.3 is 10.1 Å². The second-order valence-electron chi connectivity index (χ2n) is 5.49. The van der Waals surface area contributed by atoms with E-state index in [1.54, 1.807) is 12.1 Å². The minimum Gasteiger partial charge on any atom is -0.491 e. The molecule has 0 heterocycles. The Balaban J connectivity index is 1.87. The number of hydrogen-bond acceptors (Lipinski definition) is 3. The molecule has 0 saturated carbocycles. The third kappa shape index (κ3) is 6.57. The molecule has 0 unspecified atom stereocenters. The summed E-state index contributed by atoms with van der Waals surface area (Å²) in [6.07, 6.45) is 3.14. The van der Waals surface area contributed by atoms with E-state index in [1.807, 2.05) is 56.3 Å². The quantitative estimate of drug-likeness (QED) is 0.590. The van der Waals surface area contributed by atoms with Crippen LogP contribution in [-0.4, -0.2) is 17.1 Å². The van der Waals surface area contributed by atoms with Crippen molar-refractivity contribution in [3.63, 3.8) is 0 Å². The van der Waals surface area contributed by atoms with Gasteiger partial charge in [-0.05, 0) is 68.0 Å². The molecule has 6 heteroatoms. The Morgan fingerprint density at radius 1 is 1.16 bits per heavy atom. The van der Waals surface area contributed by atoms with Gasteiger partial charge >= 0.3 is 0 Å². The molecule has 130 valence electrons. The van der Waals surface area contributed by atoms with E-state index in [-0.39, 0.29) is 17.1 Å². The first-order valence-electron chi connectivity index (χ1n) is 7.75. The molecular formula is C19H19ClN2O2S. The lowest BCUT2D eigenvalue weighted by Gasteiger charge is -2.11. The van der Waals surface area contributed by atoms with Crippen LogP contribution < -0.4 is 15.4 Å². The number of carbonyl (C=O) groups is 1. The van der Waals surface area contributed by atoms with Gasteiger partial charge in [0.2, 0.25) is 5.91 Å². The van der Waals surface area contributed by atoms with Crippen LogP contribution in [0.5, 0.6) is 5.75 Å². The SMILES string of the molecule is CC(C)Oc1ccc(NC(=S)NC(=O)/C=C/c2ccccc2Cl)cc1. The van der Waals surface area contributed by atoms with Gasteiger partial charge in [-0.2, -0.15) is 0 Å². The molecule has 0 fully saturated rings. The molecule has 0 aromatic heterocycles. The van der Waals surface area contributed by atoms with Crippen molar-refractivity contribution in [2.24, 2.45) is 0 Å². The van der Waals surface area contributed by atoms with Crippen molar-refractivity contribution < 1.29 is 9.53 Å². The minimum atomic E-state index is -0.336. The molecule has 2 N–H and O–H groups in total. The second kappa shape index (κ2) is 9.20. The summed E-state index contributed by atoms with van der Waals surface area (Å²) in [6, 6.07) is 14.6. The summed E-state index contributed by atoms with van der Waals surface area (Å²) in [5, 5.41) is 6.33. The van der Waals surface area contributed by atoms with E-state index in [4.69, 9.17) is 28.6 Å². The Morgan fingerprint density at radius 2 is 1.84 bits per heavy atom. The first-order valence-corrected chi connectivity index (χ1v) is 8.54. The zero-order valence-corrected chi connectivity index (χ0v) is 15.5. The number of hydrogen-bond donors (Lipinski definition) is 2. The van der Waals surface area contributed by atoms with Crippen molar-refractivity contribution in [1.82, 2.24) is 5.32 Å². The van der Waals surface area contributed by atoms with Gasteiger partial charge in [0.1, 0.15) is 5.75 Å². The average molecular weight is 375 g/mol. The molecule has 0 aliphatic rings. The number of anilines is 1. The molecule has 4 nitrogen and oxygen atoms in total. The fourth-order valence-corrected chi connectivity index (χ4v) is 2.40. The van der Waals surface area contributed by atoms with Gasteiger partial charge in [0.05, 0.1) is 6.10 Å². The highest BCUT2D eigenvalue weighted by Gasteiger charge is 2.03. The van der Waals surface area contributed by atoms with Crippen LogP contribution >= 0.6 is 23.8 Å². The van der Waals surface area contributed by atoms with Crippen molar-refractivity contribution in [2.45, 2.75) is 20.0 Å². The molecule has 0 bridgehead atoms. The lowest BCUT2D eigenvalue weighted by Crippen LogP contribution is -2.32. The highest BCUT2D eigenvalue weighted by molar-refractivity contribution is 7.80. The Morgan fingerprint density at radius 3 is 2.48 bits per heavy atom. The Kier molecular flexibility index (Phi) is 6.98. The summed E-state index contributed by atoms with van der Waals surface area (Å²) in [5.74, 6) is 0.440. The van der Waals surface area contributed by atoms with E-state index in [0.717, 1.165) is 17.0 Å². The largest absolute Gasteiger partial charge is 0.491 e. The van der Waals surface area contributed by atoms with Crippen molar-refractivity contribution in [3.05, 3.63) is 65.2 Å². The van der Waals surface area contributed by atoms with E-state index in [1.165, 1.54) is 6.08 Å². The number of thiocarbonyl (C=S) groups is 1. The first kappa shape index (κ1) is 19.0. The number of nitrogens with one attached hydrogen (secondary N) is 2. The average Bonchev–Trinajstić information content (AvgIpc) is 2.55. The minimum absolute atomic E-state index is 0.115. The predicted molar refractivity (Wildman–Crippen MR) is 107 cm³/mol. The molecule has 0 saturated heterocycles. The molecule has 0 spiro atoms. The molecule has 0 aliphatic carbocycles. The monoisotopic (exact) mass is 374 g/mol. The Bertz CT molecular complexity index is 773. The fourth-order valence-electron chi connectivity index (χ4n) is 1.98. The fraction of sp³-hybridized carbons (Fsp3) is 0.158.